The smallest absolute Gasteiger partial charge is 0.309 e. The maximum Gasteiger partial charge on any atom is 0.309 e. The first-order chi connectivity index (χ1) is 11.5. The summed E-state index contributed by atoms with van der Waals surface area (Å²) in [5, 5.41) is 2.44. The van der Waals surface area contributed by atoms with Crippen LogP contribution in [0.15, 0.2) is 48.5 Å². The van der Waals surface area contributed by atoms with Crippen LogP contribution in [0.4, 0.5) is 10.1 Å². The Hall–Kier alpha value is -2.89. The Balaban J connectivity index is 1.66. The number of hydrogen-bond acceptors (Lipinski definition) is 4. The van der Waals surface area contributed by atoms with Gasteiger partial charge >= 0.3 is 5.97 Å². The molecule has 0 aromatic heterocycles. The lowest BCUT2D eigenvalue weighted by Crippen LogP contribution is -2.21. The zero-order chi connectivity index (χ0) is 17.4. The topological polar surface area (TPSA) is 64.6 Å². The van der Waals surface area contributed by atoms with E-state index in [9.17, 15) is 14.0 Å². The lowest BCUT2D eigenvalue weighted by molar-refractivity contribution is -0.147. The molecule has 0 atom stereocenters. The first-order valence-corrected chi connectivity index (χ1v) is 7.43. The number of halogens is 1. The molecule has 0 aliphatic heterocycles. The summed E-state index contributed by atoms with van der Waals surface area (Å²) in [5.41, 5.74) is 1.36. The van der Waals surface area contributed by atoms with E-state index in [0.29, 0.717) is 11.4 Å². The molecule has 0 aliphatic carbocycles. The van der Waals surface area contributed by atoms with Crippen molar-refractivity contribution in [1.82, 2.24) is 0 Å². The fourth-order valence-corrected chi connectivity index (χ4v) is 1.94. The molecule has 2 rings (SSSR count). The molecule has 126 valence electrons. The number of nitrogens with one attached hydrogen (secondary N) is 1. The molecule has 0 heterocycles. The first-order valence-electron chi connectivity index (χ1n) is 7.43. The summed E-state index contributed by atoms with van der Waals surface area (Å²) in [6, 6.07) is 12.9. The van der Waals surface area contributed by atoms with Crippen molar-refractivity contribution in [3.8, 4) is 5.75 Å². The molecule has 0 spiro atoms. The van der Waals surface area contributed by atoms with Crippen molar-refractivity contribution in [3.05, 3.63) is 59.9 Å². The van der Waals surface area contributed by atoms with Crippen LogP contribution < -0.4 is 10.1 Å². The van der Waals surface area contributed by atoms with Crippen molar-refractivity contribution in [2.45, 2.75) is 13.3 Å². The predicted molar refractivity (Wildman–Crippen MR) is 87.3 cm³/mol. The van der Waals surface area contributed by atoms with Gasteiger partial charge in [-0.3, -0.25) is 9.59 Å². The third-order valence-electron chi connectivity index (χ3n) is 3.04. The summed E-state index contributed by atoms with van der Waals surface area (Å²) in [7, 11) is 0. The van der Waals surface area contributed by atoms with Gasteiger partial charge in [-0.2, -0.15) is 0 Å². The quantitative estimate of drug-likeness (QED) is 0.792. The van der Waals surface area contributed by atoms with Gasteiger partial charge in [-0.15, -0.1) is 0 Å². The summed E-state index contributed by atoms with van der Waals surface area (Å²) in [5.74, 6) is -0.865. The van der Waals surface area contributed by atoms with Gasteiger partial charge in [0.15, 0.2) is 6.61 Å². The summed E-state index contributed by atoms with van der Waals surface area (Å²) in [4.78, 5) is 23.2. The van der Waals surface area contributed by atoms with Crippen molar-refractivity contribution < 1.29 is 23.5 Å². The van der Waals surface area contributed by atoms with E-state index in [1.54, 1.807) is 12.1 Å². The van der Waals surface area contributed by atoms with Crippen LogP contribution in [0, 0.1) is 12.7 Å². The minimum atomic E-state index is -0.544. The normalized spacial score (nSPS) is 10.1. The molecule has 24 heavy (non-hydrogen) atoms. The van der Waals surface area contributed by atoms with Crippen LogP contribution in [-0.2, 0) is 14.3 Å². The molecule has 1 N–H and O–H groups in total. The van der Waals surface area contributed by atoms with Gasteiger partial charge in [0.05, 0.1) is 13.0 Å². The van der Waals surface area contributed by atoms with Gasteiger partial charge in [0.2, 0.25) is 0 Å². The highest BCUT2D eigenvalue weighted by Crippen LogP contribution is 2.12. The highest BCUT2D eigenvalue weighted by atomic mass is 19.1. The Morgan fingerprint density at radius 1 is 1.12 bits per heavy atom. The number of amides is 1. The van der Waals surface area contributed by atoms with E-state index in [1.165, 1.54) is 18.2 Å². The van der Waals surface area contributed by atoms with E-state index >= 15 is 0 Å². The van der Waals surface area contributed by atoms with E-state index in [4.69, 9.17) is 9.47 Å². The second-order valence-electron chi connectivity index (χ2n) is 5.13. The Bertz CT molecular complexity index is 718. The van der Waals surface area contributed by atoms with Crippen molar-refractivity contribution in [1.29, 1.82) is 0 Å². The summed E-state index contributed by atoms with van der Waals surface area (Å²) >= 11 is 0. The summed E-state index contributed by atoms with van der Waals surface area (Å²) in [6.45, 7) is 1.67. The van der Waals surface area contributed by atoms with Gasteiger partial charge < -0.3 is 14.8 Å². The largest absolute Gasteiger partial charge is 0.493 e. The number of anilines is 1. The average molecular weight is 331 g/mol. The number of esters is 1. The van der Waals surface area contributed by atoms with Gasteiger partial charge in [0, 0.05) is 5.69 Å². The molecule has 6 heteroatoms. The van der Waals surface area contributed by atoms with Gasteiger partial charge in [0.25, 0.3) is 5.91 Å². The summed E-state index contributed by atoms with van der Waals surface area (Å²) < 4.78 is 23.3. The highest BCUT2D eigenvalue weighted by Gasteiger charge is 2.08. The molecule has 0 fully saturated rings. The van der Waals surface area contributed by atoms with Crippen molar-refractivity contribution in [2.75, 3.05) is 18.5 Å². The fraction of sp³-hybridized carbons (Fsp3) is 0.222. The van der Waals surface area contributed by atoms with Crippen LogP contribution in [0.5, 0.6) is 5.75 Å². The molecular formula is C18H18FNO4. The minimum absolute atomic E-state index is 0.0290. The van der Waals surface area contributed by atoms with Gasteiger partial charge in [-0.1, -0.05) is 18.2 Å². The van der Waals surface area contributed by atoms with E-state index in [0.717, 1.165) is 5.56 Å². The van der Waals surface area contributed by atoms with Crippen LogP contribution in [0.2, 0.25) is 0 Å². The number of rotatable bonds is 7. The van der Waals surface area contributed by atoms with Gasteiger partial charge in [-0.25, -0.2) is 4.39 Å². The maximum absolute atomic E-state index is 13.0. The molecule has 2 aromatic carbocycles. The molecular weight excluding hydrogens is 313 g/mol. The molecule has 0 saturated heterocycles. The molecule has 1 amide bonds. The molecule has 0 bridgehead atoms. The van der Waals surface area contributed by atoms with Crippen molar-refractivity contribution in [2.24, 2.45) is 0 Å². The standard InChI is InChI=1S/C18H18FNO4/c1-13-4-2-7-16(10-13)23-9-8-18(22)24-12-17(21)20-15-6-3-5-14(19)11-15/h2-7,10-11H,8-9,12H2,1H3,(H,20,21). The Morgan fingerprint density at radius 2 is 1.92 bits per heavy atom. The van der Waals surface area contributed by atoms with Gasteiger partial charge in [-0.05, 0) is 42.8 Å². The first kappa shape index (κ1) is 17.5. The van der Waals surface area contributed by atoms with E-state index < -0.39 is 24.3 Å². The summed E-state index contributed by atoms with van der Waals surface area (Å²) in [6.07, 6.45) is 0.0290. The van der Waals surface area contributed by atoms with Crippen molar-refractivity contribution in [3.63, 3.8) is 0 Å². The van der Waals surface area contributed by atoms with Crippen LogP contribution >= 0.6 is 0 Å². The van der Waals surface area contributed by atoms with Crippen molar-refractivity contribution >= 4 is 17.6 Å². The van der Waals surface area contributed by atoms with Crippen LogP contribution in [0.3, 0.4) is 0 Å². The molecule has 2 aromatic rings. The number of carbonyl (C=O) groups is 2. The van der Waals surface area contributed by atoms with Crippen LogP contribution in [0.25, 0.3) is 0 Å². The SMILES string of the molecule is Cc1cccc(OCCC(=O)OCC(=O)Nc2cccc(F)c2)c1. The second kappa shape index (κ2) is 8.67. The minimum Gasteiger partial charge on any atom is -0.493 e. The van der Waals surface area contributed by atoms with Gasteiger partial charge in [0.1, 0.15) is 11.6 Å². The number of hydrogen-bond donors (Lipinski definition) is 1. The molecule has 0 unspecified atom stereocenters. The zero-order valence-corrected chi connectivity index (χ0v) is 13.3. The third kappa shape index (κ3) is 6.08. The molecule has 0 radical (unpaired) electrons. The highest BCUT2D eigenvalue weighted by molar-refractivity contribution is 5.92. The zero-order valence-electron chi connectivity index (χ0n) is 13.3. The van der Waals surface area contributed by atoms with E-state index in [1.807, 2.05) is 25.1 Å². The Kier molecular flexibility index (Phi) is 6.31. The molecule has 0 aliphatic rings. The monoisotopic (exact) mass is 331 g/mol. The van der Waals surface area contributed by atoms with Crippen LogP contribution in [0.1, 0.15) is 12.0 Å². The Morgan fingerprint density at radius 3 is 2.67 bits per heavy atom. The lowest BCUT2D eigenvalue weighted by atomic mass is 10.2. The molecule has 0 saturated carbocycles. The van der Waals surface area contributed by atoms with E-state index in [2.05, 4.69) is 5.32 Å². The number of aryl methyl sites for hydroxylation is 1. The average Bonchev–Trinajstić information content (AvgIpc) is 2.53. The number of ether oxygens (including phenoxy) is 2. The number of carbonyl (C=O) groups excluding carboxylic acids is 2. The number of benzene rings is 2. The lowest BCUT2D eigenvalue weighted by Gasteiger charge is -2.08. The predicted octanol–water partition coefficient (Wildman–Crippen LogP) is 3.08. The molecule has 5 nitrogen and oxygen atoms in total. The maximum atomic E-state index is 13.0. The van der Waals surface area contributed by atoms with Crippen LogP contribution in [-0.4, -0.2) is 25.1 Å². The second-order valence-corrected chi connectivity index (χ2v) is 5.13. The third-order valence-corrected chi connectivity index (χ3v) is 3.04. The Labute approximate surface area is 139 Å². The van der Waals surface area contributed by atoms with E-state index in [-0.39, 0.29) is 13.0 Å². The fourth-order valence-electron chi connectivity index (χ4n) is 1.94.